The summed E-state index contributed by atoms with van der Waals surface area (Å²) in [4.78, 5) is 26.6. The molecule has 2 aliphatic carbocycles. The molecule has 0 saturated carbocycles. The van der Waals surface area contributed by atoms with E-state index in [1.807, 2.05) is 18.2 Å². The van der Waals surface area contributed by atoms with Crippen molar-refractivity contribution < 1.29 is 19.1 Å². The van der Waals surface area contributed by atoms with Gasteiger partial charge in [0.2, 0.25) is 6.79 Å². The molecule has 2 aliphatic heterocycles. The zero-order valence-corrected chi connectivity index (χ0v) is 17.5. The van der Waals surface area contributed by atoms with Crippen LogP contribution in [0, 0.1) is 10.8 Å². The van der Waals surface area contributed by atoms with E-state index in [-0.39, 0.29) is 35.1 Å². The number of ether oxygens (including phenoxy) is 2. The lowest BCUT2D eigenvalue weighted by Gasteiger charge is -2.44. The number of benzene rings is 1. The van der Waals surface area contributed by atoms with Gasteiger partial charge in [-0.25, -0.2) is 0 Å². The van der Waals surface area contributed by atoms with Crippen LogP contribution in [-0.2, 0) is 9.59 Å². The Kier molecular flexibility index (Phi) is 3.80. The molecule has 4 aliphatic rings. The Balaban J connectivity index is 1.69. The van der Waals surface area contributed by atoms with E-state index in [1.165, 1.54) is 0 Å². The third-order valence-electron chi connectivity index (χ3n) is 6.45. The maximum absolute atomic E-state index is 13.3. The van der Waals surface area contributed by atoms with Gasteiger partial charge in [0.15, 0.2) is 23.1 Å². The summed E-state index contributed by atoms with van der Waals surface area (Å²) in [7, 11) is 0. The van der Waals surface area contributed by atoms with Gasteiger partial charge in [0.25, 0.3) is 0 Å². The number of fused-ring (bicyclic) bond motifs is 1. The zero-order chi connectivity index (χ0) is 20.6. The molecule has 1 aromatic rings. The summed E-state index contributed by atoms with van der Waals surface area (Å²) >= 11 is 0. The van der Waals surface area contributed by atoms with Gasteiger partial charge < -0.3 is 14.8 Å². The molecule has 0 bridgehead atoms. The van der Waals surface area contributed by atoms with Gasteiger partial charge in [0.1, 0.15) is 0 Å². The number of dihydropyridines is 1. The lowest BCUT2D eigenvalue weighted by atomic mass is 9.64. The lowest BCUT2D eigenvalue weighted by Crippen LogP contribution is -2.42. The van der Waals surface area contributed by atoms with Crippen molar-refractivity contribution in [3.63, 3.8) is 0 Å². The third kappa shape index (κ3) is 2.98. The molecular formula is C24H27NO4. The van der Waals surface area contributed by atoms with Crippen LogP contribution in [0.2, 0.25) is 0 Å². The average Bonchev–Trinajstić information content (AvgIpc) is 3.05. The van der Waals surface area contributed by atoms with E-state index in [0.29, 0.717) is 24.3 Å². The fourth-order valence-electron chi connectivity index (χ4n) is 5.31. The second kappa shape index (κ2) is 5.97. The number of nitrogens with one attached hydrogen (secondary N) is 1. The molecule has 0 aromatic heterocycles. The summed E-state index contributed by atoms with van der Waals surface area (Å²) < 4.78 is 11.0. The molecule has 1 N–H and O–H groups in total. The van der Waals surface area contributed by atoms with E-state index in [1.54, 1.807) is 0 Å². The Morgan fingerprint density at radius 1 is 0.828 bits per heavy atom. The van der Waals surface area contributed by atoms with Crippen LogP contribution < -0.4 is 14.8 Å². The fraction of sp³-hybridized carbons (Fsp3) is 0.500. The maximum Gasteiger partial charge on any atom is 0.231 e. The van der Waals surface area contributed by atoms with E-state index >= 15 is 0 Å². The van der Waals surface area contributed by atoms with Crippen molar-refractivity contribution in [1.82, 2.24) is 5.32 Å². The van der Waals surface area contributed by atoms with E-state index in [4.69, 9.17) is 9.47 Å². The first-order valence-electron chi connectivity index (χ1n) is 10.3. The van der Waals surface area contributed by atoms with Crippen LogP contribution in [0.1, 0.15) is 64.9 Å². The Hall–Kier alpha value is -2.56. The molecule has 0 fully saturated rings. The summed E-state index contributed by atoms with van der Waals surface area (Å²) in [6.45, 7) is 8.72. The van der Waals surface area contributed by atoms with Crippen molar-refractivity contribution >= 4 is 11.6 Å². The van der Waals surface area contributed by atoms with Gasteiger partial charge in [-0.1, -0.05) is 33.8 Å². The molecule has 1 aromatic carbocycles. The van der Waals surface area contributed by atoms with E-state index in [0.717, 1.165) is 40.9 Å². The van der Waals surface area contributed by atoms with Crippen molar-refractivity contribution in [2.45, 2.75) is 59.3 Å². The first-order chi connectivity index (χ1) is 13.6. The van der Waals surface area contributed by atoms with Gasteiger partial charge in [-0.05, 0) is 41.4 Å². The molecular weight excluding hydrogens is 366 g/mol. The smallest absolute Gasteiger partial charge is 0.231 e. The van der Waals surface area contributed by atoms with E-state index in [9.17, 15) is 9.59 Å². The number of rotatable bonds is 1. The topological polar surface area (TPSA) is 64.6 Å². The zero-order valence-electron chi connectivity index (χ0n) is 17.5. The summed E-state index contributed by atoms with van der Waals surface area (Å²) in [5.74, 6) is 1.32. The van der Waals surface area contributed by atoms with Gasteiger partial charge >= 0.3 is 0 Å². The summed E-state index contributed by atoms with van der Waals surface area (Å²) in [5.41, 5.74) is 4.24. The highest BCUT2D eigenvalue weighted by Crippen LogP contribution is 2.51. The minimum Gasteiger partial charge on any atom is -0.454 e. The Labute approximate surface area is 171 Å². The normalized spacial score (nSPS) is 25.0. The van der Waals surface area contributed by atoms with Crippen molar-refractivity contribution in [2.24, 2.45) is 10.8 Å². The highest BCUT2D eigenvalue weighted by molar-refractivity contribution is 6.06. The number of ketones is 2. The van der Waals surface area contributed by atoms with Crippen LogP contribution in [-0.4, -0.2) is 18.4 Å². The molecule has 0 saturated heterocycles. The predicted molar refractivity (Wildman–Crippen MR) is 109 cm³/mol. The number of hydrogen-bond donors (Lipinski definition) is 1. The minimum atomic E-state index is -0.331. The number of allylic oxidation sites excluding steroid dienone is 4. The molecule has 0 radical (unpaired) electrons. The van der Waals surface area contributed by atoms with Gasteiger partial charge in [0.05, 0.1) is 0 Å². The van der Waals surface area contributed by atoms with Crippen LogP contribution >= 0.6 is 0 Å². The molecule has 29 heavy (non-hydrogen) atoms. The molecule has 0 amide bonds. The molecule has 2 heterocycles. The highest BCUT2D eigenvalue weighted by atomic mass is 16.7. The second-order valence-corrected chi connectivity index (χ2v) is 10.3. The summed E-state index contributed by atoms with van der Waals surface area (Å²) in [5, 5.41) is 3.54. The standard InChI is InChI=1S/C24H27NO4/c1-23(2)8-14-21(16(26)10-23)20(13-5-6-18-19(7-13)29-12-28-18)22-15(25-14)9-24(3,4)11-17(22)27/h5-7,20,25H,8-12H2,1-4H3. The Morgan fingerprint density at radius 2 is 1.38 bits per heavy atom. The summed E-state index contributed by atoms with van der Waals surface area (Å²) in [6.07, 6.45) is 2.61. The number of hydrogen-bond acceptors (Lipinski definition) is 5. The van der Waals surface area contributed by atoms with Gasteiger partial charge in [-0.3, -0.25) is 9.59 Å². The van der Waals surface area contributed by atoms with E-state index < -0.39 is 0 Å². The third-order valence-corrected chi connectivity index (χ3v) is 6.45. The average molecular weight is 393 g/mol. The molecule has 5 rings (SSSR count). The largest absolute Gasteiger partial charge is 0.454 e. The minimum absolute atomic E-state index is 0.0887. The SMILES string of the molecule is CC1(C)CC(=O)C2=C(C1)NC1=C(C(=O)CC(C)(C)C1)C2c1ccc2c(c1)OCO2. The van der Waals surface area contributed by atoms with E-state index in [2.05, 4.69) is 33.0 Å². The van der Waals surface area contributed by atoms with Crippen LogP contribution in [0.5, 0.6) is 11.5 Å². The maximum atomic E-state index is 13.3. The van der Waals surface area contributed by atoms with Crippen LogP contribution in [0.3, 0.4) is 0 Å². The molecule has 0 spiro atoms. The Bertz CT molecular complexity index is 960. The molecule has 5 heteroatoms. The highest BCUT2D eigenvalue weighted by Gasteiger charge is 2.46. The first kappa shape index (κ1) is 18.5. The van der Waals surface area contributed by atoms with Crippen molar-refractivity contribution in [1.29, 1.82) is 0 Å². The van der Waals surface area contributed by atoms with Crippen LogP contribution in [0.15, 0.2) is 40.7 Å². The molecule has 0 atom stereocenters. The fourth-order valence-corrected chi connectivity index (χ4v) is 5.31. The number of Topliss-reactive ketones (excluding diaryl/α,β-unsaturated/α-hetero) is 2. The molecule has 0 unspecified atom stereocenters. The summed E-state index contributed by atoms with van der Waals surface area (Å²) in [6, 6.07) is 5.79. The predicted octanol–water partition coefficient (Wildman–Crippen LogP) is 4.39. The monoisotopic (exact) mass is 393 g/mol. The first-order valence-corrected chi connectivity index (χ1v) is 10.3. The Morgan fingerprint density at radius 3 is 1.97 bits per heavy atom. The van der Waals surface area contributed by atoms with Crippen LogP contribution in [0.4, 0.5) is 0 Å². The quantitative estimate of drug-likeness (QED) is 0.767. The van der Waals surface area contributed by atoms with Gasteiger partial charge in [0, 0.05) is 41.3 Å². The number of carbonyl (C=O) groups is 2. The molecule has 5 nitrogen and oxygen atoms in total. The van der Waals surface area contributed by atoms with Gasteiger partial charge in [-0.15, -0.1) is 0 Å². The number of carbonyl (C=O) groups excluding carboxylic acids is 2. The van der Waals surface area contributed by atoms with Crippen molar-refractivity contribution in [3.05, 3.63) is 46.3 Å². The lowest BCUT2D eigenvalue weighted by molar-refractivity contribution is -0.119. The second-order valence-electron chi connectivity index (χ2n) is 10.3. The van der Waals surface area contributed by atoms with Crippen molar-refractivity contribution in [2.75, 3.05) is 6.79 Å². The van der Waals surface area contributed by atoms with Crippen LogP contribution in [0.25, 0.3) is 0 Å². The molecule has 152 valence electrons. The van der Waals surface area contributed by atoms with Gasteiger partial charge in [-0.2, -0.15) is 0 Å². The van der Waals surface area contributed by atoms with Crippen molar-refractivity contribution in [3.8, 4) is 11.5 Å².